The summed E-state index contributed by atoms with van der Waals surface area (Å²) in [6, 6.07) is 9.22. The van der Waals surface area contributed by atoms with Crippen molar-refractivity contribution in [2.75, 3.05) is 7.11 Å². The van der Waals surface area contributed by atoms with Gasteiger partial charge in [0.2, 0.25) is 11.8 Å². The van der Waals surface area contributed by atoms with Crippen LogP contribution in [-0.2, 0) is 6.61 Å². The van der Waals surface area contributed by atoms with Crippen LogP contribution in [-0.4, -0.2) is 18.4 Å². The number of halogens is 1. The van der Waals surface area contributed by atoms with Crippen molar-refractivity contribution in [3.05, 3.63) is 51.5 Å². The highest BCUT2D eigenvalue weighted by molar-refractivity contribution is 9.10. The van der Waals surface area contributed by atoms with Crippen molar-refractivity contribution in [3.63, 3.8) is 0 Å². The molecule has 0 atom stereocenters. The molecule has 0 saturated heterocycles. The maximum Gasteiger partial charge on any atom is 0.227 e. The van der Waals surface area contributed by atoms with Crippen LogP contribution >= 0.6 is 15.9 Å². The molecular weight excluding hydrogens is 322 g/mol. The van der Waals surface area contributed by atoms with Crippen LogP contribution in [0.4, 0.5) is 0 Å². The van der Waals surface area contributed by atoms with E-state index in [0.29, 0.717) is 24.3 Å². The van der Waals surface area contributed by atoms with Crippen molar-refractivity contribution < 1.29 is 14.3 Å². The van der Waals surface area contributed by atoms with Crippen LogP contribution in [0.5, 0.6) is 11.8 Å². The zero-order valence-corrected chi connectivity index (χ0v) is 12.8. The molecule has 0 aliphatic rings. The zero-order chi connectivity index (χ0) is 14.5. The van der Waals surface area contributed by atoms with Gasteiger partial charge >= 0.3 is 0 Å². The van der Waals surface area contributed by atoms with Crippen molar-refractivity contribution in [2.24, 2.45) is 0 Å². The average molecular weight is 336 g/mol. The quantitative estimate of drug-likeness (QED) is 0.784. The Morgan fingerprint density at radius 2 is 2.10 bits per heavy atom. The van der Waals surface area contributed by atoms with Gasteiger partial charge in [-0.25, -0.2) is 0 Å². The third-order valence-corrected chi connectivity index (χ3v) is 3.80. The van der Waals surface area contributed by atoms with E-state index >= 15 is 0 Å². The predicted molar refractivity (Wildman–Crippen MR) is 79.4 cm³/mol. The second kappa shape index (κ2) is 6.52. The Balaban J connectivity index is 2.15. The smallest absolute Gasteiger partial charge is 0.227 e. The lowest BCUT2D eigenvalue weighted by molar-refractivity contribution is 0.111. The van der Waals surface area contributed by atoms with Gasteiger partial charge < -0.3 is 9.47 Å². The lowest BCUT2D eigenvalue weighted by atomic mass is 10.1. The monoisotopic (exact) mass is 335 g/mol. The number of benzene rings is 1. The summed E-state index contributed by atoms with van der Waals surface area (Å²) in [6.45, 7) is 2.42. The van der Waals surface area contributed by atoms with Crippen LogP contribution in [0.1, 0.15) is 21.5 Å². The van der Waals surface area contributed by atoms with Crippen LogP contribution in [0, 0.1) is 6.92 Å². The molecule has 0 fully saturated rings. The zero-order valence-electron chi connectivity index (χ0n) is 11.2. The molecule has 0 saturated carbocycles. The van der Waals surface area contributed by atoms with Gasteiger partial charge in [-0.3, -0.25) is 4.79 Å². The molecule has 0 spiro atoms. The molecule has 0 radical (unpaired) electrons. The van der Waals surface area contributed by atoms with Gasteiger partial charge in [-0.05, 0) is 30.2 Å². The molecule has 2 aromatic rings. The minimum Gasteiger partial charge on any atom is -0.480 e. The molecule has 4 nitrogen and oxygen atoms in total. The Kier molecular flexibility index (Phi) is 4.74. The number of pyridine rings is 1. The average Bonchev–Trinajstić information content (AvgIpc) is 2.48. The molecule has 0 amide bonds. The number of ether oxygens (including phenoxy) is 2. The van der Waals surface area contributed by atoms with Crippen LogP contribution in [0.2, 0.25) is 0 Å². The molecule has 0 unspecified atom stereocenters. The predicted octanol–water partition coefficient (Wildman–Crippen LogP) is 3.55. The Morgan fingerprint density at radius 3 is 2.80 bits per heavy atom. The van der Waals surface area contributed by atoms with E-state index in [4.69, 9.17) is 9.47 Å². The van der Waals surface area contributed by atoms with Gasteiger partial charge in [0.25, 0.3) is 0 Å². The first-order chi connectivity index (χ1) is 9.65. The first-order valence-electron chi connectivity index (χ1n) is 6.02. The summed E-state index contributed by atoms with van der Waals surface area (Å²) >= 11 is 3.48. The van der Waals surface area contributed by atoms with Gasteiger partial charge in [0.05, 0.1) is 12.7 Å². The topological polar surface area (TPSA) is 48.4 Å². The van der Waals surface area contributed by atoms with Crippen molar-refractivity contribution >= 4 is 22.2 Å². The summed E-state index contributed by atoms with van der Waals surface area (Å²) in [5.41, 5.74) is 2.60. The van der Waals surface area contributed by atoms with Gasteiger partial charge in [0.1, 0.15) is 6.61 Å². The fraction of sp³-hybridized carbons (Fsp3) is 0.200. The van der Waals surface area contributed by atoms with E-state index in [2.05, 4.69) is 20.9 Å². The standard InChI is InChI=1S/C15H14BrNO3/c1-10-12(4-3-5-13(10)16)9-20-14-7-6-11(8-18)15(17-14)19-2/h3-8H,9H2,1-2H3. The first kappa shape index (κ1) is 14.5. The molecule has 0 aliphatic carbocycles. The molecule has 0 aliphatic heterocycles. The Morgan fingerprint density at radius 1 is 1.30 bits per heavy atom. The Labute approximate surface area is 125 Å². The summed E-state index contributed by atoms with van der Waals surface area (Å²) in [7, 11) is 1.47. The second-order valence-corrected chi connectivity index (χ2v) is 5.03. The summed E-state index contributed by atoms with van der Waals surface area (Å²) in [6.07, 6.45) is 0.702. The van der Waals surface area contributed by atoms with Crippen molar-refractivity contribution in [3.8, 4) is 11.8 Å². The van der Waals surface area contributed by atoms with Crippen molar-refractivity contribution in [1.82, 2.24) is 4.98 Å². The molecule has 1 aromatic heterocycles. The molecule has 20 heavy (non-hydrogen) atoms. The minimum absolute atomic E-state index is 0.267. The molecular formula is C15H14BrNO3. The fourth-order valence-electron chi connectivity index (χ4n) is 1.73. The summed E-state index contributed by atoms with van der Waals surface area (Å²) in [5.74, 6) is 0.690. The first-order valence-corrected chi connectivity index (χ1v) is 6.82. The number of hydrogen-bond acceptors (Lipinski definition) is 4. The van der Waals surface area contributed by atoms with E-state index in [1.807, 2.05) is 25.1 Å². The van der Waals surface area contributed by atoms with Crippen LogP contribution in [0.25, 0.3) is 0 Å². The third-order valence-electron chi connectivity index (χ3n) is 2.94. The SMILES string of the molecule is COc1nc(OCc2cccc(Br)c2C)ccc1C=O. The Hall–Kier alpha value is -1.88. The molecule has 1 heterocycles. The number of carbonyl (C=O) groups excluding carboxylic acids is 1. The van der Waals surface area contributed by atoms with Gasteiger partial charge in [-0.1, -0.05) is 28.1 Å². The van der Waals surface area contributed by atoms with Crippen molar-refractivity contribution in [1.29, 1.82) is 0 Å². The number of aromatic nitrogens is 1. The number of rotatable bonds is 5. The van der Waals surface area contributed by atoms with E-state index in [1.165, 1.54) is 7.11 Å². The highest BCUT2D eigenvalue weighted by atomic mass is 79.9. The molecule has 0 N–H and O–H groups in total. The highest BCUT2D eigenvalue weighted by Gasteiger charge is 2.07. The summed E-state index contributed by atoms with van der Waals surface area (Å²) in [4.78, 5) is 14.9. The lowest BCUT2D eigenvalue weighted by Gasteiger charge is -2.10. The minimum atomic E-state index is 0.267. The molecule has 0 bridgehead atoms. The van der Waals surface area contributed by atoms with E-state index < -0.39 is 0 Å². The van der Waals surface area contributed by atoms with Gasteiger partial charge in [-0.2, -0.15) is 4.98 Å². The normalized spacial score (nSPS) is 10.2. The summed E-state index contributed by atoms with van der Waals surface area (Å²) in [5, 5.41) is 0. The molecule has 104 valence electrons. The lowest BCUT2D eigenvalue weighted by Crippen LogP contribution is -2.02. The highest BCUT2D eigenvalue weighted by Crippen LogP contribution is 2.22. The Bertz CT molecular complexity index is 629. The largest absolute Gasteiger partial charge is 0.480 e. The van der Waals surface area contributed by atoms with Crippen LogP contribution in [0.3, 0.4) is 0 Å². The maximum absolute atomic E-state index is 10.8. The number of nitrogens with zero attached hydrogens (tertiary/aromatic N) is 1. The molecule has 5 heteroatoms. The van der Waals surface area contributed by atoms with Crippen LogP contribution in [0.15, 0.2) is 34.8 Å². The van der Waals surface area contributed by atoms with Gasteiger partial charge in [0, 0.05) is 10.5 Å². The van der Waals surface area contributed by atoms with Crippen LogP contribution < -0.4 is 9.47 Å². The van der Waals surface area contributed by atoms with Crippen molar-refractivity contribution in [2.45, 2.75) is 13.5 Å². The number of carbonyl (C=O) groups is 1. The number of hydrogen-bond donors (Lipinski definition) is 0. The van der Waals surface area contributed by atoms with Gasteiger partial charge in [0.15, 0.2) is 6.29 Å². The van der Waals surface area contributed by atoms with Gasteiger partial charge in [-0.15, -0.1) is 0 Å². The molecule has 1 aromatic carbocycles. The van der Waals surface area contributed by atoms with E-state index in [9.17, 15) is 4.79 Å². The maximum atomic E-state index is 10.8. The van der Waals surface area contributed by atoms with E-state index in [-0.39, 0.29) is 5.88 Å². The van der Waals surface area contributed by atoms with E-state index in [0.717, 1.165) is 15.6 Å². The molecule has 2 rings (SSSR count). The number of aldehydes is 1. The van der Waals surface area contributed by atoms with E-state index in [1.54, 1.807) is 12.1 Å². The fourth-order valence-corrected chi connectivity index (χ4v) is 2.14. The third kappa shape index (κ3) is 3.17. The summed E-state index contributed by atoms with van der Waals surface area (Å²) < 4.78 is 11.7. The number of methoxy groups -OCH3 is 1. The second-order valence-electron chi connectivity index (χ2n) is 4.18.